The van der Waals surface area contributed by atoms with E-state index in [9.17, 15) is 14.0 Å². The summed E-state index contributed by atoms with van der Waals surface area (Å²) in [6.45, 7) is 0. The Kier molecular flexibility index (Phi) is 6.05. The highest BCUT2D eigenvalue weighted by molar-refractivity contribution is 5.96. The molecule has 1 unspecified atom stereocenters. The SMILES string of the molecule is CNc1cc(Oc2ccc(C3(F)C=CC(NC(=O)CC(N)=O)=CC3)cc2F)ncn1. The van der Waals surface area contributed by atoms with Crippen LogP contribution in [0.3, 0.4) is 0 Å². The number of aromatic nitrogens is 2. The van der Waals surface area contributed by atoms with Gasteiger partial charge in [-0.2, -0.15) is 0 Å². The Bertz CT molecular complexity index is 1040. The molecule has 0 spiro atoms. The highest BCUT2D eigenvalue weighted by Crippen LogP contribution is 2.37. The summed E-state index contributed by atoms with van der Waals surface area (Å²) in [6.07, 6.45) is 4.68. The zero-order valence-electron chi connectivity index (χ0n) is 16.0. The Hall–Kier alpha value is -3.82. The summed E-state index contributed by atoms with van der Waals surface area (Å²) in [4.78, 5) is 30.2. The summed E-state index contributed by atoms with van der Waals surface area (Å²) in [6, 6.07) is 5.26. The van der Waals surface area contributed by atoms with Crippen molar-refractivity contribution in [3.8, 4) is 11.6 Å². The Morgan fingerprint density at radius 1 is 1.30 bits per heavy atom. The molecule has 4 N–H and O–H groups in total. The highest BCUT2D eigenvalue weighted by atomic mass is 19.1. The lowest BCUT2D eigenvalue weighted by Gasteiger charge is -2.25. The van der Waals surface area contributed by atoms with E-state index in [1.807, 2.05) is 0 Å². The summed E-state index contributed by atoms with van der Waals surface area (Å²) in [7, 11) is 1.67. The Labute approximate surface area is 170 Å². The number of carbonyl (C=O) groups excluding carboxylic acids is 2. The predicted molar refractivity (Wildman–Crippen MR) is 105 cm³/mol. The lowest BCUT2D eigenvalue weighted by molar-refractivity contribution is -0.127. The molecule has 1 atom stereocenters. The number of amides is 2. The first kappa shape index (κ1) is 20.9. The van der Waals surface area contributed by atoms with Gasteiger partial charge in [0.2, 0.25) is 17.7 Å². The smallest absolute Gasteiger partial charge is 0.233 e. The average molecular weight is 415 g/mol. The number of rotatable bonds is 7. The standard InChI is InChI=1S/C20H19F2N5O3/c1-24-17-10-19(26-11-25-17)30-15-3-2-12(8-14(15)21)20(22)6-4-13(5-7-20)27-18(29)9-16(23)28/h2-6,8,10-11H,7,9H2,1H3,(H2,23,28)(H,27,29)(H,24,25,26). The molecule has 0 saturated carbocycles. The van der Waals surface area contributed by atoms with Crippen molar-refractivity contribution in [3.05, 3.63) is 65.9 Å². The fraction of sp³-hybridized carbons (Fsp3) is 0.200. The first-order valence-electron chi connectivity index (χ1n) is 8.93. The minimum atomic E-state index is -1.97. The molecule has 0 fully saturated rings. The number of carbonyl (C=O) groups is 2. The van der Waals surface area contributed by atoms with Gasteiger partial charge < -0.3 is 21.1 Å². The molecule has 1 aromatic heterocycles. The molecule has 1 aliphatic carbocycles. The lowest BCUT2D eigenvalue weighted by atomic mass is 9.88. The van der Waals surface area contributed by atoms with Gasteiger partial charge in [-0.1, -0.05) is 12.1 Å². The third kappa shape index (κ3) is 4.96. The largest absolute Gasteiger partial charge is 0.436 e. The summed E-state index contributed by atoms with van der Waals surface area (Å²) in [5, 5.41) is 5.27. The van der Waals surface area contributed by atoms with Crippen molar-refractivity contribution in [2.24, 2.45) is 5.73 Å². The zero-order valence-corrected chi connectivity index (χ0v) is 16.0. The lowest BCUT2D eigenvalue weighted by Crippen LogP contribution is -2.29. The normalized spacial score (nSPS) is 17.8. The monoisotopic (exact) mass is 415 g/mol. The van der Waals surface area contributed by atoms with Gasteiger partial charge in [0.1, 0.15) is 18.6 Å². The van der Waals surface area contributed by atoms with Crippen molar-refractivity contribution in [2.75, 3.05) is 12.4 Å². The predicted octanol–water partition coefficient (Wildman–Crippen LogP) is 2.45. The summed E-state index contributed by atoms with van der Waals surface area (Å²) < 4.78 is 35.2. The van der Waals surface area contributed by atoms with E-state index in [4.69, 9.17) is 10.5 Å². The molecule has 1 aromatic carbocycles. The molecule has 0 radical (unpaired) electrons. The first-order chi connectivity index (χ1) is 14.3. The second-order valence-corrected chi connectivity index (χ2v) is 6.49. The molecule has 2 amide bonds. The Morgan fingerprint density at radius 3 is 2.73 bits per heavy atom. The number of primary amides is 1. The van der Waals surface area contributed by atoms with Crippen LogP contribution in [0, 0.1) is 5.82 Å². The Balaban J connectivity index is 1.71. The average Bonchev–Trinajstić information content (AvgIpc) is 2.71. The molecule has 0 saturated heterocycles. The van der Waals surface area contributed by atoms with Crippen LogP contribution >= 0.6 is 0 Å². The first-order valence-corrected chi connectivity index (χ1v) is 8.93. The molecule has 156 valence electrons. The minimum absolute atomic E-state index is 0.0842. The number of halogens is 2. The van der Waals surface area contributed by atoms with E-state index < -0.39 is 29.7 Å². The van der Waals surface area contributed by atoms with Crippen LogP contribution in [0.5, 0.6) is 11.6 Å². The molecule has 0 bridgehead atoms. The summed E-state index contributed by atoms with van der Waals surface area (Å²) in [5.74, 6) is -1.60. The maximum absolute atomic E-state index is 15.3. The van der Waals surface area contributed by atoms with Crippen molar-refractivity contribution >= 4 is 17.6 Å². The van der Waals surface area contributed by atoms with E-state index in [0.29, 0.717) is 11.5 Å². The maximum atomic E-state index is 15.3. The molecule has 30 heavy (non-hydrogen) atoms. The Morgan fingerprint density at radius 2 is 2.10 bits per heavy atom. The van der Waals surface area contributed by atoms with E-state index in [0.717, 1.165) is 6.07 Å². The number of ether oxygens (including phenoxy) is 1. The van der Waals surface area contributed by atoms with Crippen molar-refractivity contribution in [3.63, 3.8) is 0 Å². The number of nitrogens with two attached hydrogens (primary N) is 1. The van der Waals surface area contributed by atoms with Crippen LogP contribution in [0.2, 0.25) is 0 Å². The second kappa shape index (κ2) is 8.68. The van der Waals surface area contributed by atoms with Crippen molar-refractivity contribution in [1.82, 2.24) is 15.3 Å². The minimum Gasteiger partial charge on any atom is -0.436 e. The molecule has 1 heterocycles. The fourth-order valence-corrected chi connectivity index (χ4v) is 2.77. The number of allylic oxidation sites excluding steroid dienone is 3. The van der Waals surface area contributed by atoms with Gasteiger partial charge in [0.15, 0.2) is 17.2 Å². The van der Waals surface area contributed by atoms with E-state index >= 15 is 4.39 Å². The number of hydrogen-bond acceptors (Lipinski definition) is 6. The number of hydrogen-bond donors (Lipinski definition) is 3. The quantitative estimate of drug-likeness (QED) is 0.598. The molecule has 2 aromatic rings. The molecular formula is C20H19F2N5O3. The number of anilines is 1. The van der Waals surface area contributed by atoms with Crippen LogP contribution in [0.25, 0.3) is 0 Å². The number of alkyl halides is 1. The fourth-order valence-electron chi connectivity index (χ4n) is 2.77. The van der Waals surface area contributed by atoms with Gasteiger partial charge in [0.05, 0.1) is 0 Å². The summed E-state index contributed by atoms with van der Waals surface area (Å²) in [5.41, 5.74) is 3.40. The third-order valence-corrected chi connectivity index (χ3v) is 4.29. The van der Waals surface area contributed by atoms with Gasteiger partial charge in [-0.3, -0.25) is 9.59 Å². The van der Waals surface area contributed by atoms with Gasteiger partial charge in [0, 0.05) is 25.2 Å². The van der Waals surface area contributed by atoms with Crippen LogP contribution in [0.1, 0.15) is 18.4 Å². The molecule has 8 nitrogen and oxygen atoms in total. The van der Waals surface area contributed by atoms with E-state index in [-0.39, 0.29) is 23.6 Å². The van der Waals surface area contributed by atoms with Crippen LogP contribution in [0.4, 0.5) is 14.6 Å². The summed E-state index contributed by atoms with van der Waals surface area (Å²) >= 11 is 0. The third-order valence-electron chi connectivity index (χ3n) is 4.29. The second-order valence-electron chi connectivity index (χ2n) is 6.49. The van der Waals surface area contributed by atoms with Crippen LogP contribution < -0.4 is 21.1 Å². The topological polar surface area (TPSA) is 119 Å². The number of nitrogens with zero attached hydrogens (tertiary/aromatic N) is 2. The zero-order chi connectivity index (χ0) is 21.7. The van der Waals surface area contributed by atoms with Gasteiger partial charge in [-0.25, -0.2) is 18.7 Å². The van der Waals surface area contributed by atoms with Crippen LogP contribution in [-0.2, 0) is 15.3 Å². The molecule has 3 rings (SSSR count). The van der Waals surface area contributed by atoms with Gasteiger partial charge >= 0.3 is 0 Å². The highest BCUT2D eigenvalue weighted by Gasteiger charge is 2.31. The van der Waals surface area contributed by atoms with Gasteiger partial charge in [0.25, 0.3) is 0 Å². The molecular weight excluding hydrogens is 396 g/mol. The van der Waals surface area contributed by atoms with E-state index in [2.05, 4.69) is 20.6 Å². The van der Waals surface area contributed by atoms with E-state index in [1.54, 1.807) is 7.05 Å². The molecule has 10 heteroatoms. The molecule has 0 aliphatic heterocycles. The van der Waals surface area contributed by atoms with Crippen LogP contribution in [-0.4, -0.2) is 28.8 Å². The molecule has 1 aliphatic rings. The van der Waals surface area contributed by atoms with E-state index in [1.165, 1.54) is 42.8 Å². The maximum Gasteiger partial charge on any atom is 0.233 e. The number of benzene rings is 1. The van der Waals surface area contributed by atoms with Gasteiger partial charge in [-0.15, -0.1) is 0 Å². The van der Waals surface area contributed by atoms with Gasteiger partial charge in [-0.05, 0) is 29.8 Å². The number of nitrogens with one attached hydrogen (secondary N) is 2. The van der Waals surface area contributed by atoms with Crippen molar-refractivity contribution in [1.29, 1.82) is 0 Å². The van der Waals surface area contributed by atoms with Crippen molar-refractivity contribution in [2.45, 2.75) is 18.5 Å². The van der Waals surface area contributed by atoms with Crippen LogP contribution in [0.15, 0.2) is 54.5 Å². The van der Waals surface area contributed by atoms with Crippen molar-refractivity contribution < 1.29 is 23.1 Å².